The predicted molar refractivity (Wildman–Crippen MR) is 129 cm³/mol. The van der Waals surface area contributed by atoms with Gasteiger partial charge >= 0.3 is 6.09 Å². The highest BCUT2D eigenvalue weighted by atomic mass is 32.2. The molecule has 34 heavy (non-hydrogen) atoms. The number of likely N-dealkylation sites (tertiary alicyclic amines) is 1. The van der Waals surface area contributed by atoms with E-state index in [1.54, 1.807) is 23.1 Å². The first-order chi connectivity index (χ1) is 16.2. The molecule has 1 aliphatic heterocycles. The summed E-state index contributed by atoms with van der Waals surface area (Å²) >= 11 is 0. The quantitative estimate of drug-likeness (QED) is 0.574. The van der Waals surface area contributed by atoms with Crippen LogP contribution in [0.5, 0.6) is 0 Å². The van der Waals surface area contributed by atoms with Crippen molar-refractivity contribution in [2.75, 3.05) is 34.3 Å². The van der Waals surface area contributed by atoms with Gasteiger partial charge in [0.1, 0.15) is 5.82 Å². The summed E-state index contributed by atoms with van der Waals surface area (Å²) in [6, 6.07) is 5.05. The Morgan fingerprint density at radius 1 is 1.24 bits per heavy atom. The van der Waals surface area contributed by atoms with Gasteiger partial charge in [-0.15, -0.1) is 0 Å². The number of amides is 2. The van der Waals surface area contributed by atoms with Gasteiger partial charge in [0.05, 0.1) is 23.0 Å². The van der Waals surface area contributed by atoms with E-state index in [0.717, 1.165) is 30.7 Å². The van der Waals surface area contributed by atoms with Crippen LogP contribution in [0, 0.1) is 0 Å². The van der Waals surface area contributed by atoms with E-state index < -0.39 is 10.0 Å². The topological polar surface area (TPSA) is 114 Å². The van der Waals surface area contributed by atoms with Gasteiger partial charge in [-0.2, -0.15) is 0 Å². The van der Waals surface area contributed by atoms with Gasteiger partial charge in [0.25, 0.3) is 0 Å². The third-order valence-corrected chi connectivity index (χ3v) is 7.99. The number of carbonyl (C=O) groups is 2. The number of imidazole rings is 1. The average molecular weight is 494 g/mol. The van der Waals surface area contributed by atoms with Crippen LogP contribution in [0.4, 0.5) is 4.79 Å². The van der Waals surface area contributed by atoms with E-state index in [4.69, 9.17) is 9.72 Å². The second kappa shape index (κ2) is 11.2. The molecular weight excluding hydrogens is 458 g/mol. The van der Waals surface area contributed by atoms with Gasteiger partial charge in [-0.1, -0.05) is 13.3 Å². The molecule has 0 saturated carbocycles. The number of fused-ring (bicyclic) bond motifs is 1. The van der Waals surface area contributed by atoms with Gasteiger partial charge in [-0.3, -0.25) is 4.79 Å². The number of ether oxygens (including phenoxy) is 1. The molecule has 1 aliphatic rings. The summed E-state index contributed by atoms with van der Waals surface area (Å²) in [6.07, 6.45) is 3.77. The number of nitrogens with zero attached hydrogens (tertiary/aromatic N) is 4. The SMILES string of the molecule is CCCCn1c(CCC(=O)NC2CCN(C(=O)OC)CC2)nc2cc(S(=O)(=O)N(C)C)ccc21. The summed E-state index contributed by atoms with van der Waals surface area (Å²) in [7, 11) is 0.818. The number of piperidine rings is 1. The number of rotatable bonds is 9. The Hall–Kier alpha value is -2.66. The fraction of sp³-hybridized carbons (Fsp3) is 0.609. The van der Waals surface area contributed by atoms with Crippen molar-refractivity contribution in [3.05, 3.63) is 24.0 Å². The van der Waals surface area contributed by atoms with Crippen LogP contribution in [-0.2, 0) is 32.5 Å². The van der Waals surface area contributed by atoms with Gasteiger partial charge in [-0.05, 0) is 37.5 Å². The van der Waals surface area contributed by atoms with Crippen LogP contribution in [0.1, 0.15) is 44.9 Å². The molecule has 0 bridgehead atoms. The van der Waals surface area contributed by atoms with Crippen molar-refractivity contribution >= 4 is 33.1 Å². The van der Waals surface area contributed by atoms with Gasteiger partial charge in [-0.25, -0.2) is 22.5 Å². The van der Waals surface area contributed by atoms with Crippen LogP contribution in [0.2, 0.25) is 0 Å². The normalized spacial score (nSPS) is 15.1. The third kappa shape index (κ3) is 5.87. The lowest BCUT2D eigenvalue weighted by molar-refractivity contribution is -0.122. The van der Waals surface area contributed by atoms with Crippen LogP contribution >= 0.6 is 0 Å². The highest BCUT2D eigenvalue weighted by Crippen LogP contribution is 2.23. The Labute approximate surface area is 201 Å². The van der Waals surface area contributed by atoms with E-state index in [-0.39, 0.29) is 29.4 Å². The van der Waals surface area contributed by atoms with Gasteiger partial charge in [0, 0.05) is 52.6 Å². The van der Waals surface area contributed by atoms with Crippen molar-refractivity contribution in [3.63, 3.8) is 0 Å². The second-order valence-corrected chi connectivity index (χ2v) is 10.9. The first kappa shape index (κ1) is 26.0. The van der Waals surface area contributed by atoms with Crippen molar-refractivity contribution in [1.29, 1.82) is 0 Å². The number of carbonyl (C=O) groups excluding carboxylic acids is 2. The number of unbranched alkanes of at least 4 members (excludes halogenated alkanes) is 1. The van der Waals surface area contributed by atoms with E-state index in [0.29, 0.717) is 37.9 Å². The summed E-state index contributed by atoms with van der Waals surface area (Å²) < 4.78 is 33.1. The number of sulfonamides is 1. The van der Waals surface area contributed by atoms with E-state index >= 15 is 0 Å². The number of aryl methyl sites for hydroxylation is 2. The number of hydrogen-bond acceptors (Lipinski definition) is 6. The largest absolute Gasteiger partial charge is 0.453 e. The maximum Gasteiger partial charge on any atom is 0.409 e. The molecule has 1 N–H and O–H groups in total. The highest BCUT2D eigenvalue weighted by molar-refractivity contribution is 7.89. The second-order valence-electron chi connectivity index (χ2n) is 8.77. The van der Waals surface area contributed by atoms with Crippen molar-refractivity contribution in [1.82, 2.24) is 24.1 Å². The van der Waals surface area contributed by atoms with Crippen molar-refractivity contribution in [2.24, 2.45) is 0 Å². The van der Waals surface area contributed by atoms with E-state index in [1.807, 2.05) is 0 Å². The summed E-state index contributed by atoms with van der Waals surface area (Å²) in [6.45, 7) is 3.99. The Morgan fingerprint density at radius 2 is 1.94 bits per heavy atom. The van der Waals surface area contributed by atoms with Crippen molar-refractivity contribution in [2.45, 2.75) is 62.9 Å². The molecule has 188 valence electrons. The maximum atomic E-state index is 12.6. The fourth-order valence-electron chi connectivity index (χ4n) is 4.15. The smallest absolute Gasteiger partial charge is 0.409 e. The third-order valence-electron chi connectivity index (χ3n) is 6.18. The molecule has 1 aromatic carbocycles. The minimum atomic E-state index is -3.55. The Kier molecular flexibility index (Phi) is 8.53. The zero-order valence-electron chi connectivity index (χ0n) is 20.4. The summed E-state index contributed by atoms with van der Waals surface area (Å²) in [5, 5.41) is 3.06. The van der Waals surface area contributed by atoms with Gasteiger partial charge in [0.15, 0.2) is 0 Å². The number of nitrogens with one attached hydrogen (secondary N) is 1. The minimum Gasteiger partial charge on any atom is -0.453 e. The summed E-state index contributed by atoms with van der Waals surface area (Å²) in [5.41, 5.74) is 1.49. The lowest BCUT2D eigenvalue weighted by atomic mass is 10.1. The molecule has 3 rings (SSSR count). The number of methoxy groups -OCH3 is 1. The standard InChI is InChI=1S/C23H35N5O5S/c1-5-6-13-28-20-8-7-18(34(31,32)26(2)3)16-19(20)25-21(28)9-10-22(29)24-17-11-14-27(15-12-17)23(30)33-4/h7-8,16-17H,5-6,9-15H2,1-4H3,(H,24,29). The molecule has 1 saturated heterocycles. The monoisotopic (exact) mass is 493 g/mol. The molecule has 2 amide bonds. The van der Waals surface area contributed by atoms with Crippen molar-refractivity contribution < 1.29 is 22.7 Å². The molecule has 10 nitrogen and oxygen atoms in total. The number of hydrogen-bond donors (Lipinski definition) is 1. The molecule has 1 fully saturated rings. The van der Waals surface area contributed by atoms with Gasteiger partial charge < -0.3 is 19.5 Å². The Morgan fingerprint density at radius 3 is 2.56 bits per heavy atom. The fourth-order valence-corrected chi connectivity index (χ4v) is 5.07. The molecule has 11 heteroatoms. The Bertz CT molecular complexity index is 1120. The molecule has 0 spiro atoms. The zero-order valence-corrected chi connectivity index (χ0v) is 21.2. The molecule has 1 aromatic heterocycles. The summed E-state index contributed by atoms with van der Waals surface area (Å²) in [5.74, 6) is 0.722. The van der Waals surface area contributed by atoms with Crippen LogP contribution in [0.15, 0.2) is 23.1 Å². The zero-order chi connectivity index (χ0) is 24.9. The highest BCUT2D eigenvalue weighted by Gasteiger charge is 2.24. The molecule has 2 heterocycles. The number of aromatic nitrogens is 2. The first-order valence-electron chi connectivity index (χ1n) is 11.7. The molecule has 0 aliphatic carbocycles. The predicted octanol–water partition coefficient (Wildman–Crippen LogP) is 2.37. The summed E-state index contributed by atoms with van der Waals surface area (Å²) in [4.78, 5) is 30.8. The minimum absolute atomic E-state index is 0.0334. The molecular formula is C23H35N5O5S. The van der Waals surface area contributed by atoms with E-state index in [1.165, 1.54) is 25.5 Å². The van der Waals surface area contributed by atoms with E-state index in [2.05, 4.69) is 16.8 Å². The van der Waals surface area contributed by atoms with Crippen LogP contribution in [0.25, 0.3) is 11.0 Å². The average Bonchev–Trinajstić information content (AvgIpc) is 3.17. The van der Waals surface area contributed by atoms with E-state index in [9.17, 15) is 18.0 Å². The lowest BCUT2D eigenvalue weighted by Crippen LogP contribution is -2.46. The van der Waals surface area contributed by atoms with Crippen molar-refractivity contribution in [3.8, 4) is 0 Å². The van der Waals surface area contributed by atoms with Crippen LogP contribution in [0.3, 0.4) is 0 Å². The van der Waals surface area contributed by atoms with Crippen LogP contribution < -0.4 is 5.32 Å². The lowest BCUT2D eigenvalue weighted by Gasteiger charge is -2.31. The molecule has 0 atom stereocenters. The van der Waals surface area contributed by atoms with Crippen LogP contribution in [-0.4, -0.2) is 79.5 Å². The maximum absolute atomic E-state index is 12.6. The van der Waals surface area contributed by atoms with Gasteiger partial charge in [0.2, 0.25) is 15.9 Å². The Balaban J connectivity index is 1.69. The molecule has 0 unspecified atom stereocenters. The molecule has 2 aromatic rings. The molecule has 0 radical (unpaired) electrons. The first-order valence-corrected chi connectivity index (χ1v) is 13.1. The number of benzene rings is 1.